The number of aromatic nitrogens is 1. The summed E-state index contributed by atoms with van der Waals surface area (Å²) in [6.07, 6.45) is 4.24. The molecule has 1 fully saturated rings. The van der Waals surface area contributed by atoms with Crippen molar-refractivity contribution >= 4 is 16.5 Å². The number of nitrogens with one attached hydrogen (secondary N) is 1. The van der Waals surface area contributed by atoms with Crippen LogP contribution in [0.1, 0.15) is 45.7 Å². The molecule has 1 aromatic heterocycles. The van der Waals surface area contributed by atoms with Gasteiger partial charge in [0.05, 0.1) is 5.69 Å². The first-order valence-corrected chi connectivity index (χ1v) is 8.47. The summed E-state index contributed by atoms with van der Waals surface area (Å²) in [5.41, 5.74) is 1.19. The Hall–Kier alpha value is -0.610. The summed E-state index contributed by atoms with van der Waals surface area (Å²) in [6, 6.07) is 0. The molecule has 1 aromatic rings. The molecule has 0 amide bonds. The number of nitrogens with zero attached hydrogens (tertiary/aromatic N) is 2. The van der Waals surface area contributed by atoms with Gasteiger partial charge < -0.3 is 10.2 Å². The van der Waals surface area contributed by atoms with Gasteiger partial charge in [0.1, 0.15) is 0 Å². The highest BCUT2D eigenvalue weighted by molar-refractivity contribution is 7.13. The maximum Gasteiger partial charge on any atom is 0.185 e. The average Bonchev–Trinajstić information content (AvgIpc) is 2.76. The summed E-state index contributed by atoms with van der Waals surface area (Å²) < 4.78 is 0. The highest BCUT2D eigenvalue weighted by atomic mass is 32.1. The zero-order valence-corrected chi connectivity index (χ0v) is 13.3. The van der Waals surface area contributed by atoms with Gasteiger partial charge in [0.15, 0.2) is 5.13 Å². The topological polar surface area (TPSA) is 28.2 Å². The molecule has 0 atom stereocenters. The lowest BCUT2D eigenvalue weighted by Gasteiger charge is -2.31. The zero-order valence-electron chi connectivity index (χ0n) is 12.5. The largest absolute Gasteiger partial charge is 0.348 e. The summed E-state index contributed by atoms with van der Waals surface area (Å²) in [5, 5.41) is 6.87. The first kappa shape index (κ1) is 14.8. The molecule has 108 valence electrons. The summed E-state index contributed by atoms with van der Waals surface area (Å²) in [4.78, 5) is 7.22. The third-order valence-electron chi connectivity index (χ3n) is 3.75. The maximum absolute atomic E-state index is 4.77. The maximum atomic E-state index is 4.77. The summed E-state index contributed by atoms with van der Waals surface area (Å²) in [6.45, 7) is 10.9. The Labute approximate surface area is 121 Å². The molecule has 1 heterocycles. The van der Waals surface area contributed by atoms with E-state index in [1.165, 1.54) is 36.6 Å². The van der Waals surface area contributed by atoms with Gasteiger partial charge >= 0.3 is 0 Å². The first-order valence-electron chi connectivity index (χ1n) is 7.59. The fraction of sp³-hybridized carbons (Fsp3) is 0.800. The van der Waals surface area contributed by atoms with Gasteiger partial charge in [-0.3, -0.25) is 0 Å². The second-order valence-corrected chi connectivity index (χ2v) is 6.82. The van der Waals surface area contributed by atoms with Crippen molar-refractivity contribution in [2.24, 2.45) is 11.8 Å². The van der Waals surface area contributed by atoms with Crippen molar-refractivity contribution in [3.05, 3.63) is 11.1 Å². The fourth-order valence-electron chi connectivity index (χ4n) is 2.34. The van der Waals surface area contributed by atoms with E-state index in [1.807, 2.05) is 0 Å². The third kappa shape index (κ3) is 4.46. The molecule has 3 nitrogen and oxygen atoms in total. The van der Waals surface area contributed by atoms with Gasteiger partial charge in [-0.25, -0.2) is 4.98 Å². The zero-order chi connectivity index (χ0) is 13.7. The van der Waals surface area contributed by atoms with Crippen LogP contribution in [-0.4, -0.2) is 24.6 Å². The third-order valence-corrected chi connectivity index (χ3v) is 4.70. The van der Waals surface area contributed by atoms with E-state index in [1.54, 1.807) is 11.3 Å². The average molecular weight is 281 g/mol. The van der Waals surface area contributed by atoms with Crippen LogP contribution in [0.25, 0.3) is 0 Å². The highest BCUT2D eigenvalue weighted by Gasteiger charge is 2.21. The second kappa shape index (κ2) is 7.25. The second-order valence-electron chi connectivity index (χ2n) is 5.98. The molecule has 0 bridgehead atoms. The van der Waals surface area contributed by atoms with Crippen molar-refractivity contribution in [3.63, 3.8) is 0 Å². The van der Waals surface area contributed by atoms with Gasteiger partial charge in [-0.15, -0.1) is 11.3 Å². The molecule has 1 aliphatic rings. The standard InChI is InChI=1S/C15H27N3S/c1-4-18(10-13-6-5-7-13)15-17-14(11-19-15)9-16-8-12(2)3/h11-13,16H,4-10H2,1-3H3. The van der Waals surface area contributed by atoms with Crippen molar-refractivity contribution < 1.29 is 0 Å². The minimum Gasteiger partial charge on any atom is -0.348 e. The van der Waals surface area contributed by atoms with Gasteiger partial charge in [0, 0.05) is 25.0 Å². The highest BCUT2D eigenvalue weighted by Crippen LogP contribution is 2.30. The summed E-state index contributed by atoms with van der Waals surface area (Å²) in [7, 11) is 0. The van der Waals surface area contributed by atoms with E-state index in [0.717, 1.165) is 25.6 Å². The SMILES string of the molecule is CCN(CC1CCC1)c1nc(CNCC(C)C)cs1. The van der Waals surface area contributed by atoms with Crippen LogP contribution in [0.5, 0.6) is 0 Å². The van der Waals surface area contributed by atoms with Gasteiger partial charge in [-0.1, -0.05) is 20.3 Å². The van der Waals surface area contributed by atoms with Crippen LogP contribution in [0.2, 0.25) is 0 Å². The summed E-state index contributed by atoms with van der Waals surface area (Å²) >= 11 is 1.79. The van der Waals surface area contributed by atoms with Crippen molar-refractivity contribution in [2.75, 3.05) is 24.5 Å². The molecular formula is C15H27N3S. The van der Waals surface area contributed by atoms with Crippen LogP contribution in [0, 0.1) is 11.8 Å². The normalized spacial score (nSPS) is 15.8. The Balaban J connectivity index is 1.83. The molecule has 0 spiro atoms. The van der Waals surface area contributed by atoms with Crippen molar-refractivity contribution in [3.8, 4) is 0 Å². The lowest BCUT2D eigenvalue weighted by Crippen LogP contribution is -2.32. The monoisotopic (exact) mass is 281 g/mol. The van der Waals surface area contributed by atoms with Gasteiger partial charge in [0.25, 0.3) is 0 Å². The molecule has 1 aliphatic carbocycles. The van der Waals surface area contributed by atoms with E-state index >= 15 is 0 Å². The molecule has 0 radical (unpaired) electrons. The molecular weight excluding hydrogens is 254 g/mol. The van der Waals surface area contributed by atoms with Crippen LogP contribution in [0.3, 0.4) is 0 Å². The van der Waals surface area contributed by atoms with Crippen molar-refractivity contribution in [1.29, 1.82) is 0 Å². The molecule has 0 saturated heterocycles. The summed E-state index contributed by atoms with van der Waals surface area (Å²) in [5.74, 6) is 1.61. The van der Waals surface area contributed by atoms with Crippen LogP contribution in [0.4, 0.5) is 5.13 Å². The molecule has 19 heavy (non-hydrogen) atoms. The Morgan fingerprint density at radius 2 is 2.26 bits per heavy atom. The lowest BCUT2D eigenvalue weighted by molar-refractivity contribution is 0.318. The van der Waals surface area contributed by atoms with E-state index in [4.69, 9.17) is 4.98 Å². The van der Waals surface area contributed by atoms with Crippen molar-refractivity contribution in [2.45, 2.75) is 46.6 Å². The number of rotatable bonds is 8. The van der Waals surface area contributed by atoms with E-state index in [-0.39, 0.29) is 0 Å². The van der Waals surface area contributed by atoms with Crippen LogP contribution < -0.4 is 10.2 Å². The molecule has 0 aromatic carbocycles. The molecule has 1 saturated carbocycles. The Morgan fingerprint density at radius 3 is 2.84 bits per heavy atom. The van der Waals surface area contributed by atoms with Gasteiger partial charge in [-0.05, 0) is 38.1 Å². The number of hydrogen-bond donors (Lipinski definition) is 1. The van der Waals surface area contributed by atoms with E-state index < -0.39 is 0 Å². The fourth-order valence-corrected chi connectivity index (χ4v) is 3.24. The molecule has 1 N–H and O–H groups in total. The Morgan fingerprint density at radius 1 is 1.47 bits per heavy atom. The Bertz CT molecular complexity index is 371. The number of thiazole rings is 1. The molecule has 4 heteroatoms. The van der Waals surface area contributed by atoms with Crippen molar-refractivity contribution in [1.82, 2.24) is 10.3 Å². The minimum absolute atomic E-state index is 0.698. The van der Waals surface area contributed by atoms with Gasteiger partial charge in [0.2, 0.25) is 0 Å². The quantitative estimate of drug-likeness (QED) is 0.790. The number of anilines is 1. The van der Waals surface area contributed by atoms with Crippen LogP contribution in [0.15, 0.2) is 5.38 Å². The minimum atomic E-state index is 0.698. The van der Waals surface area contributed by atoms with E-state index in [2.05, 4.69) is 36.4 Å². The smallest absolute Gasteiger partial charge is 0.185 e. The van der Waals surface area contributed by atoms with Gasteiger partial charge in [-0.2, -0.15) is 0 Å². The van der Waals surface area contributed by atoms with Crippen LogP contribution >= 0.6 is 11.3 Å². The molecule has 0 aliphatic heterocycles. The van der Waals surface area contributed by atoms with E-state index in [9.17, 15) is 0 Å². The first-order chi connectivity index (χ1) is 9.19. The molecule has 0 unspecified atom stereocenters. The predicted molar refractivity (Wildman–Crippen MR) is 83.9 cm³/mol. The van der Waals surface area contributed by atoms with E-state index in [0.29, 0.717) is 5.92 Å². The lowest BCUT2D eigenvalue weighted by atomic mass is 9.85. The molecule has 2 rings (SSSR count). The number of hydrogen-bond acceptors (Lipinski definition) is 4. The van der Waals surface area contributed by atoms with Crippen LogP contribution in [-0.2, 0) is 6.54 Å². The predicted octanol–water partition coefficient (Wildman–Crippen LogP) is 3.52. The Kier molecular flexibility index (Phi) is 5.64.